The molecule has 13 heavy (non-hydrogen) atoms. The second-order valence-electron chi connectivity index (χ2n) is 2.54. The molecule has 1 N–H and O–H groups in total. The number of sulfonamides is 1. The zero-order valence-electron chi connectivity index (χ0n) is 7.31. The van der Waals surface area contributed by atoms with Gasteiger partial charge in [0.1, 0.15) is 11.5 Å². The molecule has 1 rings (SSSR count). The van der Waals surface area contributed by atoms with Gasteiger partial charge in [-0.2, -0.15) is 5.10 Å². The van der Waals surface area contributed by atoms with Crippen LogP contribution in [0.3, 0.4) is 0 Å². The molecule has 0 aliphatic carbocycles. The van der Waals surface area contributed by atoms with Gasteiger partial charge in [-0.15, -0.1) is 0 Å². The Bertz CT molecular complexity index is 391. The molecule has 0 aromatic carbocycles. The lowest BCUT2D eigenvalue weighted by molar-refractivity contribution is 0.556. The Labute approximate surface area is 76.5 Å². The fourth-order valence-corrected chi connectivity index (χ4v) is 0.994. The van der Waals surface area contributed by atoms with Crippen molar-refractivity contribution in [2.45, 2.75) is 6.92 Å². The first kappa shape index (κ1) is 9.79. The molecule has 0 unspecified atom stereocenters. The van der Waals surface area contributed by atoms with Gasteiger partial charge in [0.2, 0.25) is 10.0 Å². The maximum Gasteiger partial charge on any atom is 0.244 e. The van der Waals surface area contributed by atoms with Crippen molar-refractivity contribution in [3.8, 4) is 0 Å². The molecule has 0 saturated heterocycles. The fraction of sp³-hybridized carbons (Fsp3) is 0.286. The summed E-state index contributed by atoms with van der Waals surface area (Å²) in [5, 5.41) is 3.62. The zero-order valence-corrected chi connectivity index (χ0v) is 8.13. The van der Waals surface area contributed by atoms with Gasteiger partial charge in [-0.05, 0) is 19.1 Å². The minimum atomic E-state index is -3.29. The molecule has 0 aliphatic heterocycles. The van der Waals surface area contributed by atoms with E-state index in [-0.39, 0.29) is 0 Å². The summed E-state index contributed by atoms with van der Waals surface area (Å²) in [5.74, 6) is 0.538. The van der Waals surface area contributed by atoms with Crippen LogP contribution < -0.4 is 4.83 Å². The van der Waals surface area contributed by atoms with E-state index in [2.05, 4.69) is 5.10 Å². The first-order valence-electron chi connectivity index (χ1n) is 3.54. The minimum absolute atomic E-state index is 0.482. The summed E-state index contributed by atoms with van der Waals surface area (Å²) in [6.45, 7) is 1.65. The Morgan fingerprint density at radius 1 is 1.62 bits per heavy atom. The van der Waals surface area contributed by atoms with E-state index >= 15 is 0 Å². The Hall–Kier alpha value is -1.30. The highest BCUT2D eigenvalue weighted by atomic mass is 32.2. The SMILES string of the molecule is C/C(=N\NS(C)(=O)=O)c1ccco1. The zero-order chi connectivity index (χ0) is 9.90. The van der Waals surface area contributed by atoms with Crippen molar-refractivity contribution in [2.24, 2.45) is 5.10 Å². The topological polar surface area (TPSA) is 71.7 Å². The van der Waals surface area contributed by atoms with Crippen molar-refractivity contribution in [3.63, 3.8) is 0 Å². The average Bonchev–Trinajstić information content (AvgIpc) is 2.50. The Morgan fingerprint density at radius 2 is 2.31 bits per heavy atom. The van der Waals surface area contributed by atoms with E-state index in [4.69, 9.17) is 4.42 Å². The number of nitrogens with one attached hydrogen (secondary N) is 1. The van der Waals surface area contributed by atoms with Crippen LogP contribution in [0.2, 0.25) is 0 Å². The first-order chi connectivity index (χ1) is 5.99. The van der Waals surface area contributed by atoms with Crippen molar-refractivity contribution in [1.82, 2.24) is 4.83 Å². The van der Waals surface area contributed by atoms with Crippen LogP contribution >= 0.6 is 0 Å². The second kappa shape index (κ2) is 3.61. The molecule has 0 fully saturated rings. The van der Waals surface area contributed by atoms with Crippen molar-refractivity contribution in [1.29, 1.82) is 0 Å². The van der Waals surface area contributed by atoms with E-state index in [9.17, 15) is 8.42 Å². The molecule has 1 aromatic heterocycles. The standard InChI is InChI=1S/C7H10N2O3S/c1-6(7-4-3-5-12-7)8-9-13(2,10)11/h3-5,9H,1-2H3/b8-6+. The molecule has 0 spiro atoms. The quantitative estimate of drug-likeness (QED) is 0.574. The van der Waals surface area contributed by atoms with Gasteiger partial charge in [0.25, 0.3) is 0 Å². The maximum absolute atomic E-state index is 10.7. The third-order valence-electron chi connectivity index (χ3n) is 1.26. The molecule has 0 atom stereocenters. The van der Waals surface area contributed by atoms with Gasteiger partial charge in [-0.1, -0.05) is 0 Å². The number of nitrogens with zero attached hydrogens (tertiary/aromatic N) is 1. The van der Waals surface area contributed by atoms with E-state index in [0.717, 1.165) is 6.26 Å². The lowest BCUT2D eigenvalue weighted by Crippen LogP contribution is -2.17. The van der Waals surface area contributed by atoms with E-state index in [0.29, 0.717) is 11.5 Å². The van der Waals surface area contributed by atoms with Crippen LogP contribution in [0.15, 0.2) is 27.9 Å². The van der Waals surface area contributed by atoms with Gasteiger partial charge >= 0.3 is 0 Å². The summed E-state index contributed by atoms with van der Waals surface area (Å²) in [7, 11) is -3.29. The summed E-state index contributed by atoms with van der Waals surface area (Å²) in [5.41, 5.74) is 0.482. The molecule has 1 aromatic rings. The minimum Gasteiger partial charge on any atom is -0.463 e. The van der Waals surface area contributed by atoms with E-state index in [1.54, 1.807) is 19.1 Å². The highest BCUT2D eigenvalue weighted by Gasteiger charge is 2.01. The number of rotatable bonds is 3. The van der Waals surface area contributed by atoms with Crippen LogP contribution in [0.25, 0.3) is 0 Å². The Balaban J connectivity index is 2.74. The number of furan rings is 1. The van der Waals surface area contributed by atoms with Crippen LogP contribution in [0.1, 0.15) is 12.7 Å². The van der Waals surface area contributed by atoms with Crippen molar-refractivity contribution < 1.29 is 12.8 Å². The monoisotopic (exact) mass is 202 g/mol. The lowest BCUT2D eigenvalue weighted by Gasteiger charge is -1.97. The maximum atomic E-state index is 10.7. The summed E-state index contributed by atoms with van der Waals surface area (Å²) in [6.07, 6.45) is 2.53. The van der Waals surface area contributed by atoms with Crippen LogP contribution in [0.5, 0.6) is 0 Å². The molecular weight excluding hydrogens is 192 g/mol. The van der Waals surface area contributed by atoms with E-state index < -0.39 is 10.0 Å². The van der Waals surface area contributed by atoms with Gasteiger partial charge in [-0.3, -0.25) is 0 Å². The molecular formula is C7H10N2O3S. The van der Waals surface area contributed by atoms with Crippen LogP contribution in [0.4, 0.5) is 0 Å². The normalized spacial score (nSPS) is 12.9. The molecule has 0 radical (unpaired) electrons. The van der Waals surface area contributed by atoms with Crippen LogP contribution in [-0.2, 0) is 10.0 Å². The molecule has 6 heteroatoms. The van der Waals surface area contributed by atoms with Crippen molar-refractivity contribution >= 4 is 15.7 Å². The summed E-state index contributed by atoms with van der Waals surface area (Å²) >= 11 is 0. The number of hydrazone groups is 1. The molecule has 0 amide bonds. The van der Waals surface area contributed by atoms with Crippen LogP contribution in [-0.4, -0.2) is 20.4 Å². The number of hydrogen-bond donors (Lipinski definition) is 1. The Kier molecular flexibility index (Phi) is 2.72. The van der Waals surface area contributed by atoms with Gasteiger partial charge in [0.15, 0.2) is 0 Å². The van der Waals surface area contributed by atoms with Gasteiger partial charge < -0.3 is 4.42 Å². The highest BCUT2D eigenvalue weighted by molar-refractivity contribution is 7.88. The van der Waals surface area contributed by atoms with Crippen molar-refractivity contribution in [2.75, 3.05) is 6.26 Å². The number of hydrogen-bond acceptors (Lipinski definition) is 4. The summed E-state index contributed by atoms with van der Waals surface area (Å²) in [6, 6.07) is 3.40. The predicted octanol–water partition coefficient (Wildman–Crippen LogP) is 0.553. The van der Waals surface area contributed by atoms with Gasteiger partial charge in [0.05, 0.1) is 12.5 Å². The molecule has 0 saturated carbocycles. The summed E-state index contributed by atoms with van der Waals surface area (Å²) < 4.78 is 26.3. The second-order valence-corrected chi connectivity index (χ2v) is 4.26. The molecule has 0 aliphatic rings. The summed E-state index contributed by atoms with van der Waals surface area (Å²) in [4.78, 5) is 2.01. The third kappa shape index (κ3) is 3.29. The van der Waals surface area contributed by atoms with Crippen LogP contribution in [0, 0.1) is 0 Å². The lowest BCUT2D eigenvalue weighted by atomic mass is 10.3. The highest BCUT2D eigenvalue weighted by Crippen LogP contribution is 2.01. The average molecular weight is 202 g/mol. The van der Waals surface area contributed by atoms with E-state index in [1.807, 2.05) is 4.83 Å². The predicted molar refractivity (Wildman–Crippen MR) is 48.9 cm³/mol. The molecule has 5 nitrogen and oxygen atoms in total. The molecule has 72 valence electrons. The van der Waals surface area contributed by atoms with Gasteiger partial charge in [0, 0.05) is 0 Å². The van der Waals surface area contributed by atoms with Crippen molar-refractivity contribution in [3.05, 3.63) is 24.2 Å². The van der Waals surface area contributed by atoms with Gasteiger partial charge in [-0.25, -0.2) is 13.2 Å². The molecule has 0 bridgehead atoms. The largest absolute Gasteiger partial charge is 0.463 e. The third-order valence-corrected chi connectivity index (χ3v) is 1.68. The first-order valence-corrected chi connectivity index (χ1v) is 5.43. The fourth-order valence-electron chi connectivity index (χ4n) is 0.691. The Morgan fingerprint density at radius 3 is 2.77 bits per heavy atom. The van der Waals surface area contributed by atoms with E-state index in [1.165, 1.54) is 6.26 Å². The molecule has 1 heterocycles. The smallest absolute Gasteiger partial charge is 0.244 e.